The predicted molar refractivity (Wildman–Crippen MR) is 89.5 cm³/mol. The Bertz CT molecular complexity index is 805. The minimum Gasteiger partial charge on any atom is -0.381 e. The van der Waals surface area contributed by atoms with Gasteiger partial charge in [-0.3, -0.25) is 5.10 Å². The molecule has 1 unspecified atom stereocenters. The second-order valence-electron chi connectivity index (χ2n) is 6.00. The number of ether oxygens (including phenoxy) is 1. The Morgan fingerprint density at radius 1 is 1.33 bits per heavy atom. The fourth-order valence-electron chi connectivity index (χ4n) is 3.34. The topological polar surface area (TPSA) is 93.5 Å². The van der Waals surface area contributed by atoms with Crippen LogP contribution in [-0.2, 0) is 11.3 Å². The number of aromatic nitrogens is 6. The number of imidazole rings is 1. The van der Waals surface area contributed by atoms with Gasteiger partial charge in [-0.15, -0.1) is 0 Å². The average molecular weight is 327 g/mol. The van der Waals surface area contributed by atoms with Crippen LogP contribution in [0.3, 0.4) is 0 Å². The summed E-state index contributed by atoms with van der Waals surface area (Å²) in [4.78, 5) is 13.3. The third kappa shape index (κ3) is 2.73. The zero-order chi connectivity index (χ0) is 16.4. The second kappa shape index (κ2) is 6.56. The van der Waals surface area contributed by atoms with Crippen molar-refractivity contribution in [2.75, 3.05) is 18.5 Å². The van der Waals surface area contributed by atoms with Crippen LogP contribution in [0.25, 0.3) is 11.0 Å². The lowest BCUT2D eigenvalue weighted by Gasteiger charge is -2.31. The van der Waals surface area contributed by atoms with Gasteiger partial charge in [0.25, 0.3) is 0 Å². The van der Waals surface area contributed by atoms with Crippen molar-refractivity contribution >= 4 is 16.9 Å². The second-order valence-corrected chi connectivity index (χ2v) is 6.00. The molecular formula is C16H21N7O. The zero-order valence-corrected chi connectivity index (χ0v) is 13.6. The van der Waals surface area contributed by atoms with E-state index < -0.39 is 0 Å². The number of rotatable bonds is 5. The Hall–Kier alpha value is -2.48. The molecule has 4 rings (SSSR count). The lowest BCUT2D eigenvalue weighted by molar-refractivity contribution is 0.0593. The molecule has 0 bridgehead atoms. The summed E-state index contributed by atoms with van der Waals surface area (Å²) < 4.78 is 7.72. The molecule has 0 aromatic carbocycles. The van der Waals surface area contributed by atoms with Crippen LogP contribution in [0.1, 0.15) is 31.6 Å². The Morgan fingerprint density at radius 2 is 2.21 bits per heavy atom. The van der Waals surface area contributed by atoms with Crippen molar-refractivity contribution < 1.29 is 4.74 Å². The van der Waals surface area contributed by atoms with E-state index in [0.717, 1.165) is 55.3 Å². The van der Waals surface area contributed by atoms with Gasteiger partial charge in [-0.25, -0.2) is 15.0 Å². The van der Waals surface area contributed by atoms with E-state index in [0.29, 0.717) is 5.92 Å². The molecule has 4 heterocycles. The highest BCUT2D eigenvalue weighted by Crippen LogP contribution is 2.33. The van der Waals surface area contributed by atoms with Crippen molar-refractivity contribution in [1.82, 2.24) is 29.7 Å². The van der Waals surface area contributed by atoms with E-state index in [1.54, 1.807) is 12.5 Å². The van der Waals surface area contributed by atoms with Crippen LogP contribution in [0.2, 0.25) is 0 Å². The SMILES string of the molecule is CCn1ccnc1C(Nc1ncnc2[nH]ncc12)C1CCOCC1. The van der Waals surface area contributed by atoms with Gasteiger partial charge in [-0.05, 0) is 25.7 Å². The number of anilines is 1. The van der Waals surface area contributed by atoms with Crippen molar-refractivity contribution in [1.29, 1.82) is 0 Å². The summed E-state index contributed by atoms with van der Waals surface area (Å²) in [7, 11) is 0. The first-order valence-electron chi connectivity index (χ1n) is 8.36. The van der Waals surface area contributed by atoms with Gasteiger partial charge in [0.1, 0.15) is 18.0 Å². The maximum absolute atomic E-state index is 5.54. The predicted octanol–water partition coefficient (Wildman–Crippen LogP) is 2.15. The maximum Gasteiger partial charge on any atom is 0.160 e. The first-order chi connectivity index (χ1) is 11.9. The molecule has 8 nitrogen and oxygen atoms in total. The summed E-state index contributed by atoms with van der Waals surface area (Å²) in [6.07, 6.45) is 9.21. The molecule has 0 radical (unpaired) electrons. The third-order valence-corrected chi connectivity index (χ3v) is 4.64. The number of fused-ring (bicyclic) bond motifs is 1. The Morgan fingerprint density at radius 3 is 3.04 bits per heavy atom. The fraction of sp³-hybridized carbons (Fsp3) is 0.500. The van der Waals surface area contributed by atoms with Crippen molar-refractivity contribution in [3.8, 4) is 0 Å². The van der Waals surface area contributed by atoms with Crippen LogP contribution in [0, 0.1) is 5.92 Å². The van der Waals surface area contributed by atoms with Gasteiger partial charge in [0.2, 0.25) is 0 Å². The van der Waals surface area contributed by atoms with Gasteiger partial charge in [-0.1, -0.05) is 0 Å². The van der Waals surface area contributed by atoms with Crippen molar-refractivity contribution in [3.05, 3.63) is 30.7 Å². The molecular weight excluding hydrogens is 306 g/mol. The minimum absolute atomic E-state index is 0.0804. The molecule has 0 amide bonds. The van der Waals surface area contributed by atoms with Crippen molar-refractivity contribution in [2.45, 2.75) is 32.4 Å². The third-order valence-electron chi connectivity index (χ3n) is 4.64. The molecule has 0 saturated carbocycles. The van der Waals surface area contributed by atoms with Crippen molar-refractivity contribution in [2.24, 2.45) is 5.92 Å². The zero-order valence-electron chi connectivity index (χ0n) is 13.6. The van der Waals surface area contributed by atoms with Crippen LogP contribution in [0.5, 0.6) is 0 Å². The van der Waals surface area contributed by atoms with Crippen LogP contribution in [-0.4, -0.2) is 42.9 Å². The van der Waals surface area contributed by atoms with Crippen LogP contribution in [0.15, 0.2) is 24.9 Å². The van der Waals surface area contributed by atoms with Gasteiger partial charge in [0.05, 0.1) is 17.6 Å². The lowest BCUT2D eigenvalue weighted by atomic mass is 9.91. The van der Waals surface area contributed by atoms with Crippen LogP contribution >= 0.6 is 0 Å². The molecule has 3 aromatic heterocycles. The summed E-state index contributed by atoms with van der Waals surface area (Å²) in [5.41, 5.74) is 0.733. The molecule has 1 fully saturated rings. The van der Waals surface area contributed by atoms with Crippen LogP contribution < -0.4 is 5.32 Å². The number of H-pyrrole nitrogens is 1. The standard InChI is InChI=1S/C16H21N7O/c1-2-23-6-5-17-16(23)13(11-3-7-24-8-4-11)21-14-12-9-20-22-15(12)19-10-18-14/h5-6,9-11,13H,2-4,7-8H2,1H3,(H2,18,19,20,21,22). The fourth-order valence-corrected chi connectivity index (χ4v) is 3.34. The van der Waals surface area contributed by atoms with E-state index in [9.17, 15) is 0 Å². The highest BCUT2D eigenvalue weighted by atomic mass is 16.5. The molecule has 8 heteroatoms. The van der Waals surface area contributed by atoms with Crippen molar-refractivity contribution in [3.63, 3.8) is 0 Å². The molecule has 1 aliphatic heterocycles. The number of aryl methyl sites for hydroxylation is 1. The Labute approximate surface area is 139 Å². The lowest BCUT2D eigenvalue weighted by Crippen LogP contribution is -2.29. The van der Waals surface area contributed by atoms with E-state index in [1.165, 1.54) is 0 Å². The Kier molecular flexibility index (Phi) is 4.12. The maximum atomic E-state index is 5.54. The van der Waals surface area contributed by atoms with Crippen LogP contribution in [0.4, 0.5) is 5.82 Å². The molecule has 1 atom stereocenters. The quantitative estimate of drug-likeness (QED) is 0.746. The molecule has 1 aliphatic rings. The summed E-state index contributed by atoms with van der Waals surface area (Å²) in [5, 5.41) is 11.5. The van der Waals surface area contributed by atoms with Gasteiger partial charge in [-0.2, -0.15) is 5.10 Å². The number of aromatic amines is 1. The Balaban J connectivity index is 1.71. The van der Waals surface area contributed by atoms with E-state index in [4.69, 9.17) is 4.74 Å². The molecule has 3 aromatic rings. The summed E-state index contributed by atoms with van der Waals surface area (Å²) in [6, 6.07) is 0.0804. The highest BCUT2D eigenvalue weighted by molar-refractivity contribution is 5.85. The average Bonchev–Trinajstić information content (AvgIpc) is 3.29. The molecule has 1 saturated heterocycles. The summed E-state index contributed by atoms with van der Waals surface area (Å²) in [6.45, 7) is 4.61. The van der Waals surface area contributed by atoms with E-state index >= 15 is 0 Å². The van der Waals surface area contributed by atoms with E-state index in [1.807, 2.05) is 12.4 Å². The molecule has 0 spiro atoms. The van der Waals surface area contributed by atoms with E-state index in [-0.39, 0.29) is 6.04 Å². The van der Waals surface area contributed by atoms with E-state index in [2.05, 4.69) is 42.0 Å². The van der Waals surface area contributed by atoms with Gasteiger partial charge in [0, 0.05) is 32.2 Å². The molecule has 24 heavy (non-hydrogen) atoms. The first kappa shape index (κ1) is 15.1. The van der Waals surface area contributed by atoms with Gasteiger partial charge < -0.3 is 14.6 Å². The highest BCUT2D eigenvalue weighted by Gasteiger charge is 2.29. The smallest absolute Gasteiger partial charge is 0.160 e. The number of nitrogens with zero attached hydrogens (tertiary/aromatic N) is 5. The number of nitrogens with one attached hydrogen (secondary N) is 2. The monoisotopic (exact) mass is 327 g/mol. The molecule has 2 N–H and O–H groups in total. The number of hydrogen-bond donors (Lipinski definition) is 2. The molecule has 126 valence electrons. The molecule has 0 aliphatic carbocycles. The normalized spacial score (nSPS) is 17.2. The minimum atomic E-state index is 0.0804. The summed E-state index contributed by atoms with van der Waals surface area (Å²) >= 11 is 0. The van der Waals surface area contributed by atoms with Gasteiger partial charge >= 0.3 is 0 Å². The first-order valence-corrected chi connectivity index (χ1v) is 8.36. The summed E-state index contributed by atoms with van der Waals surface area (Å²) in [5.74, 6) is 2.28. The number of hydrogen-bond acceptors (Lipinski definition) is 6. The van der Waals surface area contributed by atoms with Gasteiger partial charge in [0.15, 0.2) is 5.65 Å². The largest absolute Gasteiger partial charge is 0.381 e.